The highest BCUT2D eigenvalue weighted by atomic mass is 16.6. The van der Waals surface area contributed by atoms with Gasteiger partial charge in [-0.25, -0.2) is 14.4 Å². The number of ether oxygens (including phenoxy) is 3. The van der Waals surface area contributed by atoms with Crippen molar-refractivity contribution < 1.29 is 33.7 Å². The zero-order valence-electron chi connectivity index (χ0n) is 22.6. The Labute approximate surface area is 232 Å². The van der Waals surface area contributed by atoms with Gasteiger partial charge in [0.15, 0.2) is 0 Å². The first-order valence-electron chi connectivity index (χ1n) is 12.8. The van der Waals surface area contributed by atoms with Gasteiger partial charge in [-0.3, -0.25) is 4.57 Å². The minimum Gasteiger partial charge on any atom is -0.489 e. The number of aromatic nitrogens is 1. The summed E-state index contributed by atoms with van der Waals surface area (Å²) < 4.78 is 18.1. The summed E-state index contributed by atoms with van der Waals surface area (Å²) in [5.74, 6) is -0.707. The average molecular weight is 545 g/mol. The van der Waals surface area contributed by atoms with E-state index in [4.69, 9.17) is 14.2 Å². The fourth-order valence-corrected chi connectivity index (χ4v) is 4.08. The number of hydrogen-bond donors (Lipinski definition) is 2. The Morgan fingerprint density at radius 1 is 0.900 bits per heavy atom. The first-order chi connectivity index (χ1) is 19.1. The molecule has 4 rings (SSSR count). The summed E-state index contributed by atoms with van der Waals surface area (Å²) in [6.07, 6.45) is -0.0327. The Kier molecular flexibility index (Phi) is 8.73. The van der Waals surface area contributed by atoms with Crippen LogP contribution in [0.3, 0.4) is 0 Å². The number of fused-ring (bicyclic) bond motifs is 1. The standard InChI is InChI=1S/C31H32N2O7/c1-31(2,3)40-29(36)32-26(28(34)35)16-23-18-33(30(37)39-20-22-12-8-5-9-13-22)27-17-24(14-15-25(23)27)38-19-21-10-6-4-7-11-21/h4-15,17-18,26H,16,19-20H2,1-3H3,(H,32,36)(H,34,35)/t26-/m0/s1. The van der Waals surface area contributed by atoms with Gasteiger partial charge in [-0.15, -0.1) is 0 Å². The molecule has 0 aliphatic carbocycles. The molecule has 208 valence electrons. The number of hydrogen-bond acceptors (Lipinski definition) is 6. The van der Waals surface area contributed by atoms with Crippen LogP contribution in [0, 0.1) is 0 Å². The van der Waals surface area contributed by atoms with Crippen molar-refractivity contribution in [3.05, 3.63) is 102 Å². The minimum absolute atomic E-state index is 0.0663. The SMILES string of the molecule is CC(C)(C)OC(=O)N[C@@H](Cc1cn(C(=O)OCc2ccccc2)c2cc(OCc3ccccc3)ccc12)C(=O)O. The van der Waals surface area contributed by atoms with Crippen molar-refractivity contribution in [3.8, 4) is 5.75 Å². The zero-order valence-corrected chi connectivity index (χ0v) is 22.6. The summed E-state index contributed by atoms with van der Waals surface area (Å²) >= 11 is 0. The Morgan fingerprint density at radius 3 is 2.12 bits per heavy atom. The second-order valence-corrected chi connectivity index (χ2v) is 10.3. The van der Waals surface area contributed by atoms with E-state index in [1.807, 2.05) is 60.7 Å². The van der Waals surface area contributed by atoms with Gasteiger partial charge in [0.05, 0.1) is 5.52 Å². The van der Waals surface area contributed by atoms with E-state index in [-0.39, 0.29) is 13.0 Å². The lowest BCUT2D eigenvalue weighted by Gasteiger charge is -2.22. The number of carboxylic acids is 1. The van der Waals surface area contributed by atoms with Crippen LogP contribution in [0.25, 0.3) is 10.9 Å². The Balaban J connectivity index is 1.62. The van der Waals surface area contributed by atoms with Crippen LogP contribution in [-0.2, 0) is 33.9 Å². The van der Waals surface area contributed by atoms with Crippen LogP contribution in [0.4, 0.5) is 9.59 Å². The van der Waals surface area contributed by atoms with Crippen LogP contribution >= 0.6 is 0 Å². The molecule has 4 aromatic rings. The molecule has 0 saturated heterocycles. The van der Waals surface area contributed by atoms with E-state index in [1.165, 1.54) is 10.8 Å². The van der Waals surface area contributed by atoms with Crippen molar-refractivity contribution >= 4 is 29.1 Å². The molecule has 0 unspecified atom stereocenters. The molecule has 0 spiro atoms. The molecular weight excluding hydrogens is 512 g/mol. The molecule has 0 bridgehead atoms. The molecule has 2 N–H and O–H groups in total. The predicted octanol–water partition coefficient (Wildman–Crippen LogP) is 5.93. The molecule has 0 fully saturated rings. The maximum Gasteiger partial charge on any atom is 0.418 e. The fourth-order valence-electron chi connectivity index (χ4n) is 4.08. The number of aliphatic carboxylic acids is 1. The molecule has 3 aromatic carbocycles. The van der Waals surface area contributed by atoms with Gasteiger partial charge in [-0.2, -0.15) is 0 Å². The van der Waals surface area contributed by atoms with Crippen molar-refractivity contribution in [3.63, 3.8) is 0 Å². The monoisotopic (exact) mass is 544 g/mol. The number of amides is 1. The summed E-state index contributed by atoms with van der Waals surface area (Å²) in [7, 11) is 0. The highest BCUT2D eigenvalue weighted by molar-refractivity contribution is 5.93. The summed E-state index contributed by atoms with van der Waals surface area (Å²) in [6.45, 7) is 5.47. The fraction of sp³-hybridized carbons (Fsp3) is 0.258. The van der Waals surface area contributed by atoms with Gasteiger partial charge in [0, 0.05) is 24.1 Å². The quantitative estimate of drug-likeness (QED) is 0.268. The van der Waals surface area contributed by atoms with Gasteiger partial charge < -0.3 is 24.6 Å². The lowest BCUT2D eigenvalue weighted by molar-refractivity contribution is -0.139. The number of carbonyl (C=O) groups is 3. The lowest BCUT2D eigenvalue weighted by atomic mass is 10.0. The number of carboxylic acid groups (broad SMARTS) is 1. The molecule has 40 heavy (non-hydrogen) atoms. The van der Waals surface area contributed by atoms with E-state index < -0.39 is 29.8 Å². The lowest BCUT2D eigenvalue weighted by Crippen LogP contribution is -2.44. The first-order valence-corrected chi connectivity index (χ1v) is 12.8. The van der Waals surface area contributed by atoms with Crippen molar-refractivity contribution in [2.24, 2.45) is 0 Å². The molecule has 1 aromatic heterocycles. The largest absolute Gasteiger partial charge is 0.489 e. The van der Waals surface area contributed by atoms with Crippen molar-refractivity contribution in [1.29, 1.82) is 0 Å². The molecule has 1 amide bonds. The second kappa shape index (κ2) is 12.4. The third-order valence-electron chi connectivity index (χ3n) is 5.92. The average Bonchev–Trinajstić information content (AvgIpc) is 3.28. The molecular formula is C31H32N2O7. The molecule has 9 heteroatoms. The van der Waals surface area contributed by atoms with E-state index >= 15 is 0 Å². The molecule has 9 nitrogen and oxygen atoms in total. The third kappa shape index (κ3) is 7.63. The van der Waals surface area contributed by atoms with Crippen molar-refractivity contribution in [2.75, 3.05) is 0 Å². The highest BCUT2D eigenvalue weighted by Gasteiger charge is 2.26. The van der Waals surface area contributed by atoms with Gasteiger partial charge in [-0.05, 0) is 49.6 Å². The van der Waals surface area contributed by atoms with E-state index in [0.717, 1.165) is 11.1 Å². The number of rotatable bonds is 9. The van der Waals surface area contributed by atoms with Gasteiger partial charge in [0.1, 0.15) is 30.6 Å². The van der Waals surface area contributed by atoms with Crippen molar-refractivity contribution in [2.45, 2.75) is 52.0 Å². The zero-order chi connectivity index (χ0) is 28.7. The van der Waals surface area contributed by atoms with Crippen LogP contribution in [0.1, 0.15) is 37.5 Å². The first kappa shape index (κ1) is 28.2. The number of alkyl carbamates (subject to hydrolysis) is 1. The highest BCUT2D eigenvalue weighted by Crippen LogP contribution is 2.28. The Hall–Kier alpha value is -4.79. The predicted molar refractivity (Wildman–Crippen MR) is 149 cm³/mol. The molecule has 0 saturated carbocycles. The topological polar surface area (TPSA) is 116 Å². The Bertz CT molecular complexity index is 1470. The van der Waals surface area contributed by atoms with Gasteiger partial charge in [-0.1, -0.05) is 60.7 Å². The van der Waals surface area contributed by atoms with Crippen molar-refractivity contribution in [1.82, 2.24) is 9.88 Å². The summed E-state index contributed by atoms with van der Waals surface area (Å²) in [4.78, 5) is 37.5. The van der Waals surface area contributed by atoms with Gasteiger partial charge in [0.2, 0.25) is 0 Å². The molecule has 1 heterocycles. The minimum atomic E-state index is -1.29. The summed E-state index contributed by atoms with van der Waals surface area (Å²) in [5, 5.41) is 12.8. The summed E-state index contributed by atoms with van der Waals surface area (Å²) in [6, 6.07) is 22.9. The van der Waals surface area contributed by atoms with Crippen LogP contribution in [-0.4, -0.2) is 39.5 Å². The van der Waals surface area contributed by atoms with Crippen LogP contribution < -0.4 is 10.1 Å². The smallest absolute Gasteiger partial charge is 0.418 e. The second-order valence-electron chi connectivity index (χ2n) is 10.3. The van der Waals surface area contributed by atoms with Gasteiger partial charge >= 0.3 is 18.2 Å². The van der Waals surface area contributed by atoms with E-state index in [0.29, 0.717) is 28.8 Å². The number of nitrogens with zero attached hydrogens (tertiary/aromatic N) is 1. The van der Waals surface area contributed by atoms with E-state index in [2.05, 4.69) is 5.32 Å². The maximum atomic E-state index is 13.2. The summed E-state index contributed by atoms with van der Waals surface area (Å²) in [5.41, 5.74) is 2.04. The number of benzene rings is 3. The molecule has 0 aliphatic rings. The Morgan fingerprint density at radius 2 is 1.52 bits per heavy atom. The maximum absolute atomic E-state index is 13.2. The van der Waals surface area contributed by atoms with Crippen LogP contribution in [0.15, 0.2) is 85.1 Å². The number of carbonyl (C=O) groups excluding carboxylic acids is 2. The molecule has 0 aliphatic heterocycles. The van der Waals surface area contributed by atoms with E-state index in [1.54, 1.807) is 39.0 Å². The van der Waals surface area contributed by atoms with Crippen LogP contribution in [0.2, 0.25) is 0 Å². The number of nitrogens with one attached hydrogen (secondary N) is 1. The van der Waals surface area contributed by atoms with Gasteiger partial charge in [0.25, 0.3) is 0 Å². The van der Waals surface area contributed by atoms with Crippen LogP contribution in [0.5, 0.6) is 5.75 Å². The van der Waals surface area contributed by atoms with E-state index in [9.17, 15) is 19.5 Å². The normalized spacial score (nSPS) is 12.0. The molecule has 0 radical (unpaired) electrons. The molecule has 1 atom stereocenters. The third-order valence-corrected chi connectivity index (χ3v) is 5.92.